The monoisotopic (exact) mass is 182 g/mol. The van der Waals surface area contributed by atoms with E-state index in [1.54, 1.807) is 13.8 Å². The molecule has 4 heteroatoms. The van der Waals surface area contributed by atoms with Crippen molar-refractivity contribution in [1.82, 2.24) is 0 Å². The number of rotatable bonds is 2. The van der Waals surface area contributed by atoms with Gasteiger partial charge in [-0.15, -0.1) is 0 Å². The predicted octanol–water partition coefficient (Wildman–Crippen LogP) is 2.07. The fourth-order valence-electron chi connectivity index (χ4n) is 1.18. The molecule has 0 aromatic carbocycles. The Kier molecular flexibility index (Phi) is 3.17. The summed E-state index contributed by atoms with van der Waals surface area (Å²) in [5.74, 6) is -0.259. The maximum atomic E-state index is 11.4. The molecule has 0 spiro atoms. The molecule has 1 atom stereocenters. The molecule has 0 radical (unpaired) electrons. The quantitative estimate of drug-likeness (QED) is 0.614. The van der Waals surface area contributed by atoms with Crippen LogP contribution < -0.4 is 0 Å². The molecule has 0 saturated heterocycles. The van der Waals surface area contributed by atoms with Crippen molar-refractivity contribution in [1.29, 1.82) is 0 Å². The van der Waals surface area contributed by atoms with Crippen LogP contribution in [0.1, 0.15) is 27.2 Å². The SMILES string of the molecule is CCOC(=O)C1=C(C)N=NC(C)C1. The van der Waals surface area contributed by atoms with Crippen molar-refractivity contribution >= 4 is 5.97 Å². The highest BCUT2D eigenvalue weighted by Crippen LogP contribution is 2.21. The average Bonchev–Trinajstić information content (AvgIpc) is 2.09. The van der Waals surface area contributed by atoms with E-state index in [-0.39, 0.29) is 12.0 Å². The van der Waals surface area contributed by atoms with E-state index in [9.17, 15) is 4.79 Å². The van der Waals surface area contributed by atoms with Gasteiger partial charge in [0.05, 0.1) is 23.9 Å². The molecule has 0 aromatic rings. The summed E-state index contributed by atoms with van der Waals surface area (Å²) in [4.78, 5) is 11.4. The maximum Gasteiger partial charge on any atom is 0.335 e. The van der Waals surface area contributed by atoms with Crippen LogP contribution in [0.5, 0.6) is 0 Å². The van der Waals surface area contributed by atoms with Gasteiger partial charge < -0.3 is 4.74 Å². The van der Waals surface area contributed by atoms with Gasteiger partial charge in [0.1, 0.15) is 0 Å². The summed E-state index contributed by atoms with van der Waals surface area (Å²) in [6.07, 6.45) is 0.633. The summed E-state index contributed by atoms with van der Waals surface area (Å²) in [6, 6.07) is 0.0862. The van der Waals surface area contributed by atoms with E-state index in [1.165, 1.54) is 0 Å². The van der Waals surface area contributed by atoms with Crippen LogP contribution in [-0.2, 0) is 9.53 Å². The van der Waals surface area contributed by atoms with Crippen LogP contribution in [-0.4, -0.2) is 18.6 Å². The van der Waals surface area contributed by atoms with Gasteiger partial charge in [-0.05, 0) is 20.8 Å². The van der Waals surface area contributed by atoms with Crippen LogP contribution in [0.2, 0.25) is 0 Å². The molecule has 0 saturated carbocycles. The Balaban J connectivity index is 2.77. The van der Waals surface area contributed by atoms with E-state index in [2.05, 4.69) is 10.2 Å². The fraction of sp³-hybridized carbons (Fsp3) is 0.667. The van der Waals surface area contributed by atoms with E-state index in [4.69, 9.17) is 4.74 Å². The third-order valence-electron chi connectivity index (χ3n) is 1.86. The minimum Gasteiger partial charge on any atom is -0.463 e. The number of allylic oxidation sites excluding steroid dienone is 1. The summed E-state index contributed by atoms with van der Waals surface area (Å²) < 4.78 is 4.90. The zero-order chi connectivity index (χ0) is 9.84. The topological polar surface area (TPSA) is 51.0 Å². The highest BCUT2D eigenvalue weighted by Gasteiger charge is 2.20. The summed E-state index contributed by atoms with van der Waals surface area (Å²) in [5, 5.41) is 7.86. The molecule has 0 aromatic heterocycles. The van der Waals surface area contributed by atoms with Gasteiger partial charge >= 0.3 is 5.97 Å². The Morgan fingerprint density at radius 2 is 2.38 bits per heavy atom. The number of hydrogen-bond donors (Lipinski definition) is 0. The van der Waals surface area contributed by atoms with Crippen LogP contribution >= 0.6 is 0 Å². The zero-order valence-electron chi connectivity index (χ0n) is 8.20. The highest BCUT2D eigenvalue weighted by atomic mass is 16.5. The van der Waals surface area contributed by atoms with E-state index >= 15 is 0 Å². The maximum absolute atomic E-state index is 11.4. The molecule has 0 fully saturated rings. The number of esters is 1. The first-order chi connectivity index (χ1) is 6.15. The number of hydrogen-bond acceptors (Lipinski definition) is 4. The summed E-state index contributed by atoms with van der Waals surface area (Å²) in [6.45, 7) is 5.90. The molecule has 0 bridgehead atoms. The minimum absolute atomic E-state index is 0.0862. The highest BCUT2D eigenvalue weighted by molar-refractivity contribution is 5.89. The van der Waals surface area contributed by atoms with Gasteiger partial charge in [0.2, 0.25) is 0 Å². The average molecular weight is 182 g/mol. The van der Waals surface area contributed by atoms with Crippen LogP contribution in [0.25, 0.3) is 0 Å². The molecule has 1 unspecified atom stereocenters. The molecular formula is C9H14N2O2. The lowest BCUT2D eigenvalue weighted by Gasteiger charge is -2.14. The molecule has 1 aliphatic heterocycles. The van der Waals surface area contributed by atoms with Gasteiger partial charge in [0, 0.05) is 6.42 Å². The van der Waals surface area contributed by atoms with Crippen molar-refractivity contribution in [2.24, 2.45) is 10.2 Å². The Labute approximate surface area is 77.7 Å². The molecular weight excluding hydrogens is 168 g/mol. The predicted molar refractivity (Wildman–Crippen MR) is 48.3 cm³/mol. The molecule has 1 heterocycles. The van der Waals surface area contributed by atoms with Gasteiger partial charge in [0.25, 0.3) is 0 Å². The number of azo groups is 1. The lowest BCUT2D eigenvalue weighted by molar-refractivity contribution is -0.138. The Morgan fingerprint density at radius 1 is 1.69 bits per heavy atom. The van der Waals surface area contributed by atoms with Crippen LogP contribution in [0.3, 0.4) is 0 Å². The van der Waals surface area contributed by atoms with E-state index in [0.717, 1.165) is 0 Å². The second kappa shape index (κ2) is 4.16. The Hall–Kier alpha value is -1.19. The summed E-state index contributed by atoms with van der Waals surface area (Å²) >= 11 is 0. The molecule has 72 valence electrons. The standard InChI is InChI=1S/C9H14N2O2/c1-4-13-9(12)8-5-6(2)10-11-7(8)3/h6H,4-5H2,1-3H3. The normalized spacial score (nSPS) is 21.9. The van der Waals surface area contributed by atoms with E-state index < -0.39 is 0 Å². The van der Waals surface area contributed by atoms with Gasteiger partial charge in [-0.3, -0.25) is 0 Å². The fourth-order valence-corrected chi connectivity index (χ4v) is 1.18. The zero-order valence-corrected chi connectivity index (χ0v) is 8.20. The lowest BCUT2D eigenvalue weighted by atomic mass is 10.1. The van der Waals surface area contributed by atoms with Crippen LogP contribution in [0, 0.1) is 0 Å². The second-order valence-corrected chi connectivity index (χ2v) is 3.05. The van der Waals surface area contributed by atoms with Crippen molar-refractivity contribution in [2.45, 2.75) is 33.2 Å². The molecule has 13 heavy (non-hydrogen) atoms. The van der Waals surface area contributed by atoms with Crippen molar-refractivity contribution in [3.05, 3.63) is 11.3 Å². The van der Waals surface area contributed by atoms with Crippen molar-refractivity contribution in [2.75, 3.05) is 6.61 Å². The van der Waals surface area contributed by atoms with Crippen molar-refractivity contribution in [3.63, 3.8) is 0 Å². The van der Waals surface area contributed by atoms with Crippen LogP contribution in [0.15, 0.2) is 21.5 Å². The van der Waals surface area contributed by atoms with Gasteiger partial charge in [-0.25, -0.2) is 4.79 Å². The number of nitrogens with zero attached hydrogens (tertiary/aromatic N) is 2. The third kappa shape index (κ3) is 2.37. The minimum atomic E-state index is -0.259. The van der Waals surface area contributed by atoms with E-state index in [0.29, 0.717) is 24.3 Å². The van der Waals surface area contributed by atoms with E-state index in [1.807, 2.05) is 6.92 Å². The number of ether oxygens (including phenoxy) is 1. The largest absolute Gasteiger partial charge is 0.463 e. The van der Waals surface area contributed by atoms with Crippen molar-refractivity contribution < 1.29 is 9.53 Å². The molecule has 1 rings (SSSR count). The first-order valence-electron chi connectivity index (χ1n) is 4.42. The van der Waals surface area contributed by atoms with Gasteiger partial charge in [-0.1, -0.05) is 0 Å². The first kappa shape index (κ1) is 9.89. The smallest absolute Gasteiger partial charge is 0.335 e. The second-order valence-electron chi connectivity index (χ2n) is 3.05. The summed E-state index contributed by atoms with van der Waals surface area (Å²) in [5.41, 5.74) is 1.33. The summed E-state index contributed by atoms with van der Waals surface area (Å²) in [7, 11) is 0. The molecule has 0 N–H and O–H groups in total. The van der Waals surface area contributed by atoms with Crippen molar-refractivity contribution in [3.8, 4) is 0 Å². The van der Waals surface area contributed by atoms with Gasteiger partial charge in [0.15, 0.2) is 0 Å². The molecule has 4 nitrogen and oxygen atoms in total. The number of carbonyl (C=O) groups excluding carboxylic acids is 1. The molecule has 1 aliphatic rings. The first-order valence-corrected chi connectivity index (χ1v) is 4.42. The van der Waals surface area contributed by atoms with Gasteiger partial charge in [-0.2, -0.15) is 10.2 Å². The Bertz CT molecular complexity index is 269. The Morgan fingerprint density at radius 3 is 3.00 bits per heavy atom. The number of carbonyl (C=O) groups is 1. The molecule has 0 aliphatic carbocycles. The molecule has 0 amide bonds. The lowest BCUT2D eigenvalue weighted by Crippen LogP contribution is -2.15. The third-order valence-corrected chi connectivity index (χ3v) is 1.86. The van der Waals surface area contributed by atoms with Crippen LogP contribution in [0.4, 0.5) is 0 Å².